The molecule has 6 heteroatoms. The summed E-state index contributed by atoms with van der Waals surface area (Å²) < 4.78 is 15.9. The van der Waals surface area contributed by atoms with E-state index in [9.17, 15) is 4.39 Å². The minimum absolute atomic E-state index is 0.197. The first-order chi connectivity index (χ1) is 13.7. The molecule has 0 aliphatic carbocycles. The SMILES string of the molecule is C=CCn1c(SCc2ccccc2F)nnc1-c1ccc(N(CC)CC)cc1. The number of anilines is 1. The molecule has 0 aliphatic rings. The predicted octanol–water partition coefficient (Wildman–Crippen LogP) is 5.41. The van der Waals surface area contributed by atoms with E-state index in [1.54, 1.807) is 12.1 Å². The van der Waals surface area contributed by atoms with E-state index >= 15 is 0 Å². The van der Waals surface area contributed by atoms with Gasteiger partial charge in [0.15, 0.2) is 11.0 Å². The highest BCUT2D eigenvalue weighted by Gasteiger charge is 2.15. The Kier molecular flexibility index (Phi) is 6.87. The predicted molar refractivity (Wildman–Crippen MR) is 115 cm³/mol. The van der Waals surface area contributed by atoms with Crippen LogP contribution in [0.3, 0.4) is 0 Å². The highest BCUT2D eigenvalue weighted by atomic mass is 32.2. The third-order valence-corrected chi connectivity index (χ3v) is 5.61. The fourth-order valence-electron chi connectivity index (χ4n) is 3.07. The Balaban J connectivity index is 1.84. The molecule has 4 nitrogen and oxygen atoms in total. The molecular formula is C22H25FN4S. The van der Waals surface area contributed by atoms with Crippen LogP contribution in [0.15, 0.2) is 66.3 Å². The van der Waals surface area contributed by atoms with E-state index in [4.69, 9.17) is 0 Å². The van der Waals surface area contributed by atoms with Crippen LogP contribution < -0.4 is 4.90 Å². The fourth-order valence-corrected chi connectivity index (χ4v) is 4.00. The fraction of sp³-hybridized carbons (Fsp3) is 0.273. The van der Waals surface area contributed by atoms with E-state index in [0.29, 0.717) is 17.9 Å². The molecule has 1 heterocycles. The summed E-state index contributed by atoms with van der Waals surface area (Å²) in [5.74, 6) is 1.10. The molecule has 0 spiro atoms. The van der Waals surface area contributed by atoms with Crippen molar-refractivity contribution in [3.05, 3.63) is 72.6 Å². The van der Waals surface area contributed by atoms with Crippen molar-refractivity contribution in [1.82, 2.24) is 14.8 Å². The van der Waals surface area contributed by atoms with Gasteiger partial charge in [-0.05, 0) is 49.7 Å². The molecule has 0 unspecified atom stereocenters. The molecule has 0 saturated heterocycles. The van der Waals surface area contributed by atoms with E-state index in [-0.39, 0.29) is 5.82 Å². The second-order valence-corrected chi connectivity index (χ2v) is 7.25. The van der Waals surface area contributed by atoms with Crippen LogP contribution in [0.1, 0.15) is 19.4 Å². The lowest BCUT2D eigenvalue weighted by atomic mass is 10.2. The average Bonchev–Trinajstić information content (AvgIpc) is 3.12. The normalized spacial score (nSPS) is 10.8. The van der Waals surface area contributed by atoms with Crippen molar-refractivity contribution in [3.63, 3.8) is 0 Å². The maximum absolute atomic E-state index is 13.9. The van der Waals surface area contributed by atoms with Crippen LogP contribution in [0.2, 0.25) is 0 Å². The van der Waals surface area contributed by atoms with Gasteiger partial charge in [0.05, 0.1) is 0 Å². The molecule has 0 N–H and O–H groups in total. The molecule has 0 radical (unpaired) electrons. The third-order valence-electron chi connectivity index (χ3n) is 4.60. The van der Waals surface area contributed by atoms with Crippen molar-refractivity contribution in [3.8, 4) is 11.4 Å². The molecule has 28 heavy (non-hydrogen) atoms. The number of aromatic nitrogens is 3. The third kappa shape index (κ3) is 4.44. The second-order valence-electron chi connectivity index (χ2n) is 6.30. The van der Waals surface area contributed by atoms with Crippen LogP contribution in [-0.4, -0.2) is 27.9 Å². The second kappa shape index (κ2) is 9.55. The summed E-state index contributed by atoms with van der Waals surface area (Å²) in [6, 6.07) is 15.2. The standard InChI is InChI=1S/C22H25FN4S/c1-4-15-27-21(17-11-13-19(14-12-17)26(5-2)6-3)24-25-22(27)28-16-18-9-7-8-10-20(18)23/h4,7-14H,1,5-6,15-16H2,2-3H3. The lowest BCUT2D eigenvalue weighted by molar-refractivity contribution is 0.617. The van der Waals surface area contributed by atoms with Gasteiger partial charge in [0, 0.05) is 36.6 Å². The Morgan fingerprint density at radius 3 is 2.43 bits per heavy atom. The quantitative estimate of drug-likeness (QED) is 0.358. The largest absolute Gasteiger partial charge is 0.372 e. The zero-order chi connectivity index (χ0) is 19.9. The number of allylic oxidation sites excluding steroid dienone is 1. The summed E-state index contributed by atoms with van der Waals surface area (Å²) in [6.45, 7) is 10.7. The van der Waals surface area contributed by atoms with Gasteiger partial charge in [-0.2, -0.15) is 0 Å². The van der Waals surface area contributed by atoms with Gasteiger partial charge in [-0.15, -0.1) is 16.8 Å². The van der Waals surface area contributed by atoms with Crippen LogP contribution >= 0.6 is 11.8 Å². The number of nitrogens with zero attached hydrogens (tertiary/aromatic N) is 4. The van der Waals surface area contributed by atoms with Crippen LogP contribution in [0, 0.1) is 5.82 Å². The zero-order valence-electron chi connectivity index (χ0n) is 16.3. The number of benzene rings is 2. The van der Waals surface area contributed by atoms with Gasteiger partial charge in [-0.1, -0.05) is 36.0 Å². The minimum atomic E-state index is -0.197. The molecule has 1 aromatic heterocycles. The summed E-state index contributed by atoms with van der Waals surface area (Å²) in [5, 5.41) is 9.49. The van der Waals surface area contributed by atoms with Crippen molar-refractivity contribution >= 4 is 17.4 Å². The molecule has 0 fully saturated rings. The van der Waals surface area contributed by atoms with E-state index < -0.39 is 0 Å². The minimum Gasteiger partial charge on any atom is -0.372 e. The number of rotatable bonds is 9. The Morgan fingerprint density at radius 1 is 1.07 bits per heavy atom. The first kappa shape index (κ1) is 20.1. The summed E-state index contributed by atoms with van der Waals surface area (Å²) >= 11 is 1.48. The number of hydrogen-bond donors (Lipinski definition) is 0. The summed E-state index contributed by atoms with van der Waals surface area (Å²) in [6.07, 6.45) is 1.82. The van der Waals surface area contributed by atoms with Gasteiger partial charge in [-0.3, -0.25) is 4.57 Å². The lowest BCUT2D eigenvalue weighted by Crippen LogP contribution is -2.21. The molecule has 0 atom stereocenters. The van der Waals surface area contributed by atoms with E-state index in [1.165, 1.54) is 23.5 Å². The molecule has 3 rings (SSSR count). The molecule has 0 amide bonds. The van der Waals surface area contributed by atoms with Crippen molar-refractivity contribution < 1.29 is 4.39 Å². The van der Waals surface area contributed by atoms with Crippen LogP contribution in [0.5, 0.6) is 0 Å². The first-order valence-electron chi connectivity index (χ1n) is 9.43. The molecule has 2 aromatic carbocycles. The highest BCUT2D eigenvalue weighted by Crippen LogP contribution is 2.28. The summed E-state index contributed by atoms with van der Waals surface area (Å²) in [4.78, 5) is 2.30. The zero-order valence-corrected chi connectivity index (χ0v) is 17.1. The van der Waals surface area contributed by atoms with Gasteiger partial charge in [0.2, 0.25) is 0 Å². The van der Waals surface area contributed by atoms with Gasteiger partial charge in [0.25, 0.3) is 0 Å². The molecular weight excluding hydrogens is 371 g/mol. The van der Waals surface area contributed by atoms with Gasteiger partial charge >= 0.3 is 0 Å². The number of halogens is 1. The Hall–Kier alpha value is -2.60. The molecule has 0 saturated carbocycles. The van der Waals surface area contributed by atoms with Crippen molar-refractivity contribution in [2.24, 2.45) is 0 Å². The van der Waals surface area contributed by atoms with E-state index in [1.807, 2.05) is 16.7 Å². The van der Waals surface area contributed by atoms with Gasteiger partial charge < -0.3 is 4.90 Å². The highest BCUT2D eigenvalue weighted by molar-refractivity contribution is 7.98. The maximum atomic E-state index is 13.9. The average molecular weight is 397 g/mol. The van der Waals surface area contributed by atoms with Crippen molar-refractivity contribution in [2.45, 2.75) is 31.3 Å². The molecule has 0 aliphatic heterocycles. The van der Waals surface area contributed by atoms with E-state index in [2.05, 4.69) is 59.8 Å². The monoisotopic (exact) mass is 396 g/mol. The van der Waals surface area contributed by atoms with Crippen LogP contribution in [0.25, 0.3) is 11.4 Å². The Bertz CT molecular complexity index is 917. The topological polar surface area (TPSA) is 34.0 Å². The Labute approximate surface area is 170 Å². The maximum Gasteiger partial charge on any atom is 0.192 e. The number of thioether (sulfide) groups is 1. The molecule has 146 valence electrons. The summed E-state index contributed by atoms with van der Waals surface area (Å²) in [7, 11) is 0. The van der Waals surface area contributed by atoms with E-state index in [0.717, 1.165) is 29.6 Å². The lowest BCUT2D eigenvalue weighted by Gasteiger charge is -2.21. The molecule has 3 aromatic rings. The summed E-state index contributed by atoms with van der Waals surface area (Å²) in [5.41, 5.74) is 2.85. The first-order valence-corrected chi connectivity index (χ1v) is 10.4. The Morgan fingerprint density at radius 2 is 1.79 bits per heavy atom. The van der Waals surface area contributed by atoms with Gasteiger partial charge in [0.1, 0.15) is 5.82 Å². The van der Waals surface area contributed by atoms with Crippen LogP contribution in [0.4, 0.5) is 10.1 Å². The van der Waals surface area contributed by atoms with Crippen molar-refractivity contribution in [1.29, 1.82) is 0 Å². The molecule has 0 bridgehead atoms. The van der Waals surface area contributed by atoms with Gasteiger partial charge in [-0.25, -0.2) is 4.39 Å². The van der Waals surface area contributed by atoms with Crippen LogP contribution in [-0.2, 0) is 12.3 Å². The van der Waals surface area contributed by atoms with Crippen molar-refractivity contribution in [2.75, 3.05) is 18.0 Å². The smallest absolute Gasteiger partial charge is 0.192 e. The number of hydrogen-bond acceptors (Lipinski definition) is 4.